The van der Waals surface area contributed by atoms with Gasteiger partial charge in [-0.05, 0) is 6.07 Å². The molecule has 0 aliphatic heterocycles. The number of pyridine rings is 1. The van der Waals surface area contributed by atoms with Crippen LogP contribution in [0.4, 0.5) is 0 Å². The molecule has 0 saturated heterocycles. The van der Waals surface area contributed by atoms with E-state index in [1.807, 2.05) is 32.9 Å². The number of H-pyrrole nitrogens is 1. The largest absolute Gasteiger partial charge is 0.481 e. The normalized spacial score (nSPS) is 11.8. The highest BCUT2D eigenvalue weighted by Gasteiger charge is 2.24. The lowest BCUT2D eigenvalue weighted by atomic mass is 9.89. The van der Waals surface area contributed by atoms with Crippen LogP contribution < -0.4 is 4.74 Å². The molecule has 17 heavy (non-hydrogen) atoms. The average molecular weight is 232 g/mol. The monoisotopic (exact) mass is 232 g/mol. The maximum atomic E-state index is 12.1. The third-order valence-electron chi connectivity index (χ3n) is 2.61. The van der Waals surface area contributed by atoms with Gasteiger partial charge in [0.25, 0.3) is 0 Å². The van der Waals surface area contributed by atoms with E-state index in [0.717, 1.165) is 10.9 Å². The number of methoxy groups -OCH3 is 1. The number of hydrogen-bond donors (Lipinski definition) is 1. The summed E-state index contributed by atoms with van der Waals surface area (Å²) in [5.41, 5.74) is 1.07. The van der Waals surface area contributed by atoms with Crippen LogP contribution in [0.15, 0.2) is 18.3 Å². The molecule has 90 valence electrons. The standard InChI is InChI=1S/C13H16N2O2/c1-13(2,3)12(16)9-5-8-6-11(17-4)14-7-10(8)15-9/h5-7,15H,1-4H3. The van der Waals surface area contributed by atoms with Crippen molar-refractivity contribution < 1.29 is 9.53 Å². The molecule has 0 fully saturated rings. The first kappa shape index (κ1) is 11.6. The van der Waals surface area contributed by atoms with E-state index in [9.17, 15) is 4.79 Å². The Morgan fingerprint density at radius 2 is 2.06 bits per heavy atom. The molecule has 0 spiro atoms. The molecule has 0 radical (unpaired) electrons. The number of nitrogens with zero attached hydrogens (tertiary/aromatic N) is 1. The number of ketones is 1. The number of nitrogens with one attached hydrogen (secondary N) is 1. The summed E-state index contributed by atoms with van der Waals surface area (Å²) >= 11 is 0. The van der Waals surface area contributed by atoms with Gasteiger partial charge in [-0.3, -0.25) is 4.79 Å². The zero-order valence-electron chi connectivity index (χ0n) is 10.5. The van der Waals surface area contributed by atoms with E-state index in [2.05, 4.69) is 9.97 Å². The first-order valence-electron chi connectivity index (χ1n) is 5.49. The van der Waals surface area contributed by atoms with Crippen molar-refractivity contribution in [3.8, 4) is 5.88 Å². The fourth-order valence-corrected chi connectivity index (χ4v) is 1.65. The SMILES string of the molecule is COc1cc2cc(C(=O)C(C)(C)C)[nH]c2cn1. The lowest BCUT2D eigenvalue weighted by Crippen LogP contribution is -2.20. The van der Waals surface area contributed by atoms with Gasteiger partial charge in [-0.25, -0.2) is 4.98 Å². The number of hydrogen-bond acceptors (Lipinski definition) is 3. The Labute approximate surface area is 100 Å². The van der Waals surface area contributed by atoms with Crippen molar-refractivity contribution in [1.29, 1.82) is 0 Å². The van der Waals surface area contributed by atoms with Crippen LogP contribution in [-0.2, 0) is 0 Å². The number of rotatable bonds is 2. The summed E-state index contributed by atoms with van der Waals surface area (Å²) in [6, 6.07) is 3.65. The summed E-state index contributed by atoms with van der Waals surface area (Å²) < 4.78 is 5.05. The molecule has 2 heterocycles. The summed E-state index contributed by atoms with van der Waals surface area (Å²) in [4.78, 5) is 19.3. The molecule has 4 heteroatoms. The van der Waals surface area contributed by atoms with Crippen LogP contribution in [0.2, 0.25) is 0 Å². The number of ether oxygens (including phenoxy) is 1. The molecule has 0 saturated carbocycles. The molecule has 0 bridgehead atoms. The maximum absolute atomic E-state index is 12.1. The van der Waals surface area contributed by atoms with Crippen molar-refractivity contribution in [3.05, 3.63) is 24.0 Å². The van der Waals surface area contributed by atoms with Gasteiger partial charge < -0.3 is 9.72 Å². The highest BCUT2D eigenvalue weighted by atomic mass is 16.5. The van der Waals surface area contributed by atoms with Crippen molar-refractivity contribution in [1.82, 2.24) is 9.97 Å². The zero-order valence-corrected chi connectivity index (χ0v) is 10.5. The van der Waals surface area contributed by atoms with Gasteiger partial charge in [0, 0.05) is 16.9 Å². The van der Waals surface area contributed by atoms with Crippen LogP contribution in [0.3, 0.4) is 0 Å². The summed E-state index contributed by atoms with van der Waals surface area (Å²) in [7, 11) is 1.57. The molecular weight excluding hydrogens is 216 g/mol. The van der Waals surface area contributed by atoms with Gasteiger partial charge in [0.05, 0.1) is 24.5 Å². The van der Waals surface area contributed by atoms with Gasteiger partial charge in [0.2, 0.25) is 5.88 Å². The lowest BCUT2D eigenvalue weighted by Gasteiger charge is -2.14. The second kappa shape index (κ2) is 3.87. The van der Waals surface area contributed by atoms with Gasteiger partial charge in [0.15, 0.2) is 5.78 Å². The first-order chi connectivity index (χ1) is 7.91. The van der Waals surface area contributed by atoms with E-state index in [-0.39, 0.29) is 5.78 Å². The number of aromatic amines is 1. The van der Waals surface area contributed by atoms with Crippen LogP contribution in [0, 0.1) is 5.41 Å². The molecule has 0 aliphatic carbocycles. The molecular formula is C13H16N2O2. The van der Waals surface area contributed by atoms with E-state index in [4.69, 9.17) is 4.74 Å². The van der Waals surface area contributed by atoms with Crippen molar-refractivity contribution in [2.24, 2.45) is 5.41 Å². The fraction of sp³-hybridized carbons (Fsp3) is 0.385. The first-order valence-corrected chi connectivity index (χ1v) is 5.49. The minimum atomic E-state index is -0.390. The Morgan fingerprint density at radius 1 is 1.35 bits per heavy atom. The van der Waals surface area contributed by atoms with Crippen LogP contribution in [-0.4, -0.2) is 22.9 Å². The Morgan fingerprint density at radius 3 is 2.65 bits per heavy atom. The topological polar surface area (TPSA) is 55.0 Å². The highest BCUT2D eigenvalue weighted by Crippen LogP contribution is 2.24. The summed E-state index contributed by atoms with van der Waals surface area (Å²) in [5.74, 6) is 0.638. The molecule has 2 rings (SSSR count). The molecule has 1 N–H and O–H groups in total. The van der Waals surface area contributed by atoms with Crippen LogP contribution in [0.5, 0.6) is 5.88 Å². The Balaban J connectivity index is 2.48. The molecule has 0 unspecified atom stereocenters. The third-order valence-corrected chi connectivity index (χ3v) is 2.61. The van der Waals surface area contributed by atoms with Crippen molar-refractivity contribution in [2.45, 2.75) is 20.8 Å². The second-order valence-corrected chi connectivity index (χ2v) is 5.08. The summed E-state index contributed by atoms with van der Waals surface area (Å²) in [6.45, 7) is 5.71. The Kier molecular flexibility index (Phi) is 2.65. The third kappa shape index (κ3) is 2.16. The van der Waals surface area contributed by atoms with Crippen LogP contribution in [0.1, 0.15) is 31.3 Å². The molecule has 2 aromatic rings. The van der Waals surface area contributed by atoms with E-state index in [1.165, 1.54) is 0 Å². The minimum absolute atomic E-state index is 0.0904. The lowest BCUT2D eigenvalue weighted by molar-refractivity contribution is 0.0854. The number of carbonyl (C=O) groups excluding carboxylic acids is 1. The van der Waals surface area contributed by atoms with Gasteiger partial charge in [-0.2, -0.15) is 0 Å². The Hall–Kier alpha value is -1.84. The van der Waals surface area contributed by atoms with E-state index in [0.29, 0.717) is 11.6 Å². The van der Waals surface area contributed by atoms with E-state index < -0.39 is 5.41 Å². The second-order valence-electron chi connectivity index (χ2n) is 5.08. The molecule has 0 aromatic carbocycles. The molecule has 0 amide bonds. The highest BCUT2D eigenvalue weighted by molar-refractivity contribution is 6.02. The predicted octanol–water partition coefficient (Wildman–Crippen LogP) is 2.80. The van der Waals surface area contributed by atoms with Gasteiger partial charge in [-0.15, -0.1) is 0 Å². The molecule has 0 aliphatic rings. The number of aromatic nitrogens is 2. The van der Waals surface area contributed by atoms with Crippen LogP contribution in [0.25, 0.3) is 10.9 Å². The zero-order chi connectivity index (χ0) is 12.6. The predicted molar refractivity (Wildman–Crippen MR) is 66.4 cm³/mol. The van der Waals surface area contributed by atoms with Crippen molar-refractivity contribution in [2.75, 3.05) is 7.11 Å². The minimum Gasteiger partial charge on any atom is -0.481 e. The number of carbonyl (C=O) groups is 1. The number of fused-ring (bicyclic) bond motifs is 1. The van der Waals surface area contributed by atoms with E-state index in [1.54, 1.807) is 13.3 Å². The van der Waals surface area contributed by atoms with Crippen molar-refractivity contribution >= 4 is 16.7 Å². The summed E-state index contributed by atoms with van der Waals surface area (Å²) in [5, 5.41) is 0.935. The number of Topliss-reactive ketones (excluding diaryl/α,β-unsaturated/α-hetero) is 1. The Bertz CT molecular complexity index is 564. The molecule has 0 atom stereocenters. The van der Waals surface area contributed by atoms with Gasteiger partial charge >= 0.3 is 0 Å². The van der Waals surface area contributed by atoms with E-state index >= 15 is 0 Å². The van der Waals surface area contributed by atoms with Crippen LogP contribution >= 0.6 is 0 Å². The smallest absolute Gasteiger partial charge is 0.213 e. The quantitative estimate of drug-likeness (QED) is 0.810. The van der Waals surface area contributed by atoms with Gasteiger partial charge in [-0.1, -0.05) is 20.8 Å². The summed E-state index contributed by atoms with van der Waals surface area (Å²) in [6.07, 6.45) is 1.67. The van der Waals surface area contributed by atoms with Crippen molar-refractivity contribution in [3.63, 3.8) is 0 Å². The molecule has 4 nitrogen and oxygen atoms in total. The average Bonchev–Trinajstić information content (AvgIpc) is 2.68. The van der Waals surface area contributed by atoms with Gasteiger partial charge in [0.1, 0.15) is 0 Å². The molecule has 2 aromatic heterocycles. The fourth-order valence-electron chi connectivity index (χ4n) is 1.65. The maximum Gasteiger partial charge on any atom is 0.213 e.